The van der Waals surface area contributed by atoms with Gasteiger partial charge in [0.15, 0.2) is 17.2 Å². The van der Waals surface area contributed by atoms with Gasteiger partial charge >= 0.3 is 0 Å². The molecule has 4 aliphatic rings. The molecule has 4 aromatic carbocycles. The van der Waals surface area contributed by atoms with E-state index >= 15 is 4.39 Å². The number of aromatic amines is 1. The van der Waals surface area contributed by atoms with E-state index in [1.165, 1.54) is 27.5 Å². The Kier molecular flexibility index (Phi) is 18.1. The first-order valence-corrected chi connectivity index (χ1v) is 25.9. The Bertz CT molecular complexity index is 2800. The molecule has 13 nitrogen and oxygen atoms in total. The first-order valence-electron chi connectivity index (χ1n) is 23.8. The molecule has 0 amide bonds. The van der Waals surface area contributed by atoms with Crippen LogP contribution < -0.4 is 35.0 Å². The minimum absolute atomic E-state index is 0. The summed E-state index contributed by atoms with van der Waals surface area (Å²) in [6, 6.07) is 24.1. The summed E-state index contributed by atoms with van der Waals surface area (Å²) >= 11 is 4.64. The zero-order valence-electron chi connectivity index (χ0n) is 40.1. The number of halogens is 5. The average molecular weight is 1210 g/mol. The molecule has 0 bridgehead atoms. The molecule has 18 heteroatoms. The van der Waals surface area contributed by atoms with Crippen molar-refractivity contribution in [2.45, 2.75) is 74.5 Å². The van der Waals surface area contributed by atoms with Crippen LogP contribution in [0.15, 0.2) is 77.6 Å². The molecule has 4 heterocycles. The number of benzene rings is 4. The minimum atomic E-state index is -1.44. The fourth-order valence-corrected chi connectivity index (χ4v) is 10.1. The van der Waals surface area contributed by atoms with Crippen molar-refractivity contribution in [2.75, 3.05) is 95.5 Å². The van der Waals surface area contributed by atoms with Crippen LogP contribution >= 0.6 is 57.6 Å². The maximum Gasteiger partial charge on any atom is 0.258 e. The van der Waals surface area contributed by atoms with Gasteiger partial charge in [-0.2, -0.15) is 0 Å². The Hall–Kier alpha value is -4.15. The van der Waals surface area contributed by atoms with Gasteiger partial charge in [0.05, 0.1) is 43.9 Å². The van der Waals surface area contributed by atoms with E-state index in [-0.39, 0.29) is 37.0 Å². The number of anilines is 3. The van der Waals surface area contributed by atoms with Crippen LogP contribution in [0.4, 0.5) is 26.0 Å². The number of nitrogens with one attached hydrogen (secondary N) is 2. The van der Waals surface area contributed by atoms with Gasteiger partial charge in [-0.05, 0) is 193 Å². The second-order valence-electron chi connectivity index (χ2n) is 18.5. The third-order valence-electron chi connectivity index (χ3n) is 13.7. The fourth-order valence-electron chi connectivity index (χ4n) is 9.17. The SMILES string of the molecule is CN(CCO)c1ccc2nc(C3(F)CC3)[nH]c(=O)c2c1.COc1cc(I)ccc1C1CCN(c2nc(C3(F)CC3)nc3ccc(N(C)CCO)cc23)CC1.COc1cc(I)ccc1C1CCNCC1.Cl. The van der Waals surface area contributed by atoms with Gasteiger partial charge in [0, 0.05) is 64.2 Å². The van der Waals surface area contributed by atoms with Crippen LogP contribution in [-0.2, 0) is 11.3 Å². The molecule has 2 aliphatic carbocycles. The molecule has 2 aromatic heterocycles. The molecule has 10 rings (SSSR count). The topological polar surface area (TPSA) is 152 Å². The van der Waals surface area contributed by atoms with E-state index in [0.29, 0.717) is 67.3 Å². The number of aliphatic hydroxyl groups excluding tert-OH is 2. The van der Waals surface area contributed by atoms with Crippen molar-refractivity contribution in [3.8, 4) is 11.5 Å². The van der Waals surface area contributed by atoms with Crippen molar-refractivity contribution in [3.63, 3.8) is 0 Å². The maximum absolute atomic E-state index is 15.0. The Balaban J connectivity index is 0.000000170. The van der Waals surface area contributed by atoms with Crippen LogP contribution in [0.25, 0.3) is 21.8 Å². The number of rotatable bonds is 13. The van der Waals surface area contributed by atoms with E-state index in [1.54, 1.807) is 26.4 Å². The van der Waals surface area contributed by atoms with Crippen molar-refractivity contribution in [1.82, 2.24) is 25.3 Å². The lowest BCUT2D eigenvalue weighted by molar-refractivity contribution is 0.300. The third-order valence-corrected chi connectivity index (χ3v) is 15.0. The van der Waals surface area contributed by atoms with Crippen LogP contribution in [-0.4, -0.2) is 111 Å². The predicted octanol–water partition coefficient (Wildman–Crippen LogP) is 9.51. The summed E-state index contributed by atoms with van der Waals surface area (Å²) in [5, 5.41) is 23.0. The van der Waals surface area contributed by atoms with E-state index < -0.39 is 11.3 Å². The van der Waals surface area contributed by atoms with Crippen molar-refractivity contribution in [1.29, 1.82) is 0 Å². The summed E-state index contributed by atoms with van der Waals surface area (Å²) in [6.07, 6.45) is 6.20. The number of alkyl halides is 2. The number of aromatic nitrogens is 4. The monoisotopic (exact) mass is 1210 g/mol. The molecular weight excluding hydrogens is 1140 g/mol. The number of H-pyrrole nitrogens is 1. The number of methoxy groups -OCH3 is 2. The van der Waals surface area contributed by atoms with E-state index in [9.17, 15) is 14.3 Å². The summed E-state index contributed by atoms with van der Waals surface area (Å²) in [7, 11) is 7.27. The highest BCUT2D eigenvalue weighted by Gasteiger charge is 2.49. The molecule has 2 saturated heterocycles. The van der Waals surface area contributed by atoms with Crippen LogP contribution in [0.5, 0.6) is 11.5 Å². The van der Waals surface area contributed by atoms with Crippen LogP contribution in [0.2, 0.25) is 0 Å². The van der Waals surface area contributed by atoms with Gasteiger partial charge < -0.3 is 44.7 Å². The van der Waals surface area contributed by atoms with E-state index in [4.69, 9.17) is 19.6 Å². The number of hydrogen-bond donors (Lipinski definition) is 4. The second kappa shape index (κ2) is 23.6. The summed E-state index contributed by atoms with van der Waals surface area (Å²) in [5.41, 5.74) is 2.53. The summed E-state index contributed by atoms with van der Waals surface area (Å²) in [4.78, 5) is 34.4. The van der Waals surface area contributed by atoms with Crippen LogP contribution in [0.3, 0.4) is 0 Å². The number of likely N-dealkylation sites (N-methyl/N-ethyl adjacent to an activating group) is 2. The largest absolute Gasteiger partial charge is 0.496 e. The maximum atomic E-state index is 15.0. The molecule has 70 heavy (non-hydrogen) atoms. The lowest BCUT2D eigenvalue weighted by Crippen LogP contribution is -2.34. The predicted molar refractivity (Wildman–Crippen MR) is 294 cm³/mol. The molecule has 0 radical (unpaired) electrons. The van der Waals surface area contributed by atoms with Gasteiger partial charge in [-0.25, -0.2) is 23.7 Å². The highest BCUT2D eigenvalue weighted by molar-refractivity contribution is 14.1. The summed E-state index contributed by atoms with van der Waals surface area (Å²) in [6.45, 7) is 5.05. The smallest absolute Gasteiger partial charge is 0.258 e. The number of aliphatic hydroxyl groups is 2. The molecule has 4 fully saturated rings. The minimum Gasteiger partial charge on any atom is -0.496 e. The number of piperidine rings is 2. The fraction of sp³-hybridized carbons (Fsp3) is 0.462. The Morgan fingerprint density at radius 3 is 1.70 bits per heavy atom. The van der Waals surface area contributed by atoms with Crippen molar-refractivity contribution in [2.24, 2.45) is 0 Å². The molecule has 4 N–H and O–H groups in total. The van der Waals surface area contributed by atoms with Gasteiger partial charge in [0.2, 0.25) is 0 Å². The second-order valence-corrected chi connectivity index (χ2v) is 21.0. The van der Waals surface area contributed by atoms with Crippen LogP contribution in [0.1, 0.15) is 86.0 Å². The first kappa shape index (κ1) is 53.6. The lowest BCUT2D eigenvalue weighted by atomic mass is 9.88. The third kappa shape index (κ3) is 12.5. The zero-order valence-corrected chi connectivity index (χ0v) is 45.3. The number of fused-ring (bicyclic) bond motifs is 2. The first-order chi connectivity index (χ1) is 33.3. The van der Waals surface area contributed by atoms with Crippen LogP contribution in [0, 0.1) is 7.14 Å². The van der Waals surface area contributed by atoms with Gasteiger partial charge in [-0.1, -0.05) is 12.1 Å². The quantitative estimate of drug-likeness (QED) is 0.0816. The Morgan fingerprint density at radius 1 is 0.700 bits per heavy atom. The average Bonchev–Trinajstić information content (AvgIpc) is 4.31. The number of nitrogens with zero attached hydrogens (tertiary/aromatic N) is 6. The van der Waals surface area contributed by atoms with Gasteiger partial charge in [-0.15, -0.1) is 12.4 Å². The van der Waals surface area contributed by atoms with E-state index in [0.717, 1.165) is 82.2 Å². The molecule has 0 spiro atoms. The lowest BCUT2D eigenvalue weighted by Gasteiger charge is -2.34. The molecule has 2 saturated carbocycles. The molecule has 0 atom stereocenters. The Morgan fingerprint density at radius 2 is 1.20 bits per heavy atom. The molecule has 6 aromatic rings. The Labute approximate surface area is 441 Å². The van der Waals surface area contributed by atoms with Crippen molar-refractivity contribution in [3.05, 3.63) is 113 Å². The molecular formula is C52H63ClF2I2N8O5. The van der Waals surface area contributed by atoms with E-state index in [1.807, 2.05) is 42.1 Å². The highest BCUT2D eigenvalue weighted by atomic mass is 127. The van der Waals surface area contributed by atoms with E-state index in [2.05, 4.69) is 113 Å². The van der Waals surface area contributed by atoms with Crippen molar-refractivity contribution < 1.29 is 28.5 Å². The standard InChI is InChI=1S/C26H30FIN4O2.C14H16FN3O2.C12H16INO.ClH/c1-31(13-14-33)19-4-6-22-21(16-19)24(30-25(29-22)26(27)9-10-26)32-11-7-17(8-12-32)20-5-3-18(28)15-23(20)34-2;1-18(6-7-19)9-2-3-11-10(8-9)12(20)17-13(16-11)14(15)4-5-14;1-15-12-8-10(13)2-3-11(12)9-4-6-14-7-5-9;/h3-6,15-17,33H,7-14H2,1-2H3;2-3,8,19H,4-7H2,1H3,(H,16,17,20);2-3,8-9,14H,4-7H2,1H3;1H. The van der Waals surface area contributed by atoms with Gasteiger partial charge in [0.1, 0.15) is 23.1 Å². The van der Waals surface area contributed by atoms with Crippen molar-refractivity contribution >= 4 is 96.6 Å². The molecule has 2 aliphatic heterocycles. The molecule has 0 unspecified atom stereocenters. The normalized spacial score (nSPS) is 17.1. The van der Waals surface area contributed by atoms with Gasteiger partial charge in [0.25, 0.3) is 5.56 Å². The number of hydrogen-bond acceptors (Lipinski definition) is 12. The highest BCUT2D eigenvalue weighted by Crippen LogP contribution is 2.50. The zero-order chi connectivity index (χ0) is 48.9. The summed E-state index contributed by atoms with van der Waals surface area (Å²) < 4.78 is 42.5. The number of ether oxygens (including phenoxy) is 2. The molecule has 376 valence electrons. The summed E-state index contributed by atoms with van der Waals surface area (Å²) in [5.74, 6) is 4.34. The van der Waals surface area contributed by atoms with Gasteiger partial charge in [-0.3, -0.25) is 4.79 Å².